The molecule has 0 spiro atoms. The standard InChI is InChI=1S/C32H45F3N4O5/c1-21-18-39(22(2)20-40)30(41)27-17-26(37(4)5)14-15-28(27)44-23(3)9-7-8-16-43-29(21)19-38(6)31(42)36-25-12-10-24(11-13-25)32(33,34)35/h10-15,17,21-23,29,40H,7-9,16,18-20H2,1-6H3,(H,36,42)/t21-,22+,23-,29-/m1/s1. The van der Waals surface area contributed by atoms with Gasteiger partial charge < -0.3 is 34.6 Å². The van der Waals surface area contributed by atoms with E-state index >= 15 is 0 Å². The van der Waals surface area contributed by atoms with Crippen molar-refractivity contribution in [3.63, 3.8) is 0 Å². The number of aliphatic hydroxyl groups is 1. The van der Waals surface area contributed by atoms with Gasteiger partial charge in [-0.1, -0.05) is 6.92 Å². The smallest absolute Gasteiger partial charge is 0.416 e. The number of aliphatic hydroxyl groups excluding tert-OH is 1. The molecule has 1 aliphatic rings. The van der Waals surface area contributed by atoms with E-state index in [2.05, 4.69) is 5.32 Å². The van der Waals surface area contributed by atoms with Crippen LogP contribution in [0.2, 0.25) is 0 Å². The normalized spacial score (nSPS) is 21.0. The summed E-state index contributed by atoms with van der Waals surface area (Å²) in [4.78, 5) is 32.0. The summed E-state index contributed by atoms with van der Waals surface area (Å²) in [5.74, 6) is -0.0496. The second kappa shape index (κ2) is 15.5. The number of nitrogens with one attached hydrogen (secondary N) is 1. The van der Waals surface area contributed by atoms with Gasteiger partial charge in [0.25, 0.3) is 5.91 Å². The molecule has 4 atom stereocenters. The molecule has 44 heavy (non-hydrogen) atoms. The van der Waals surface area contributed by atoms with Gasteiger partial charge in [-0.2, -0.15) is 13.2 Å². The highest BCUT2D eigenvalue weighted by molar-refractivity contribution is 5.98. The Bertz CT molecular complexity index is 1240. The molecule has 1 aliphatic heterocycles. The maximum absolute atomic E-state index is 14.1. The number of nitrogens with zero attached hydrogens (tertiary/aromatic N) is 3. The average molecular weight is 623 g/mol. The number of rotatable bonds is 6. The van der Waals surface area contributed by atoms with Crippen LogP contribution in [-0.4, -0.2) is 92.5 Å². The monoisotopic (exact) mass is 622 g/mol. The van der Waals surface area contributed by atoms with E-state index in [1.165, 1.54) is 17.0 Å². The highest BCUT2D eigenvalue weighted by atomic mass is 19.4. The Morgan fingerprint density at radius 1 is 1.11 bits per heavy atom. The molecular formula is C32H45F3N4O5. The summed E-state index contributed by atoms with van der Waals surface area (Å²) in [7, 11) is 5.36. The number of urea groups is 1. The van der Waals surface area contributed by atoms with E-state index in [-0.39, 0.29) is 43.3 Å². The van der Waals surface area contributed by atoms with E-state index in [1.807, 2.05) is 45.0 Å². The van der Waals surface area contributed by atoms with Gasteiger partial charge in [-0.25, -0.2) is 4.79 Å². The molecule has 0 bridgehead atoms. The fourth-order valence-corrected chi connectivity index (χ4v) is 4.97. The van der Waals surface area contributed by atoms with E-state index in [0.29, 0.717) is 17.9 Å². The van der Waals surface area contributed by atoms with Gasteiger partial charge in [-0.3, -0.25) is 4.79 Å². The number of hydrogen-bond donors (Lipinski definition) is 2. The fourth-order valence-electron chi connectivity index (χ4n) is 4.97. The molecule has 0 saturated carbocycles. The largest absolute Gasteiger partial charge is 0.490 e. The maximum Gasteiger partial charge on any atom is 0.416 e. The number of halogens is 3. The van der Waals surface area contributed by atoms with Crippen LogP contribution in [0.25, 0.3) is 0 Å². The molecule has 2 aromatic rings. The van der Waals surface area contributed by atoms with Crippen molar-refractivity contribution in [2.45, 2.75) is 64.5 Å². The molecule has 0 fully saturated rings. The predicted molar refractivity (Wildman–Crippen MR) is 164 cm³/mol. The zero-order valence-electron chi connectivity index (χ0n) is 26.4. The summed E-state index contributed by atoms with van der Waals surface area (Å²) in [5, 5.41) is 12.7. The Hall–Kier alpha value is -3.51. The van der Waals surface area contributed by atoms with Crippen LogP contribution in [-0.2, 0) is 10.9 Å². The molecule has 0 aromatic heterocycles. The fraction of sp³-hybridized carbons (Fsp3) is 0.562. The van der Waals surface area contributed by atoms with Gasteiger partial charge in [0.1, 0.15) is 5.75 Å². The lowest BCUT2D eigenvalue weighted by molar-refractivity contribution is -0.137. The van der Waals surface area contributed by atoms with Crippen molar-refractivity contribution in [2.75, 3.05) is 57.7 Å². The van der Waals surface area contributed by atoms with Crippen molar-refractivity contribution in [3.05, 3.63) is 53.6 Å². The first kappa shape index (κ1) is 35.0. The number of amides is 3. The van der Waals surface area contributed by atoms with Gasteiger partial charge in [0, 0.05) is 58.1 Å². The van der Waals surface area contributed by atoms with Crippen LogP contribution in [0, 0.1) is 5.92 Å². The van der Waals surface area contributed by atoms with E-state index in [0.717, 1.165) is 37.1 Å². The van der Waals surface area contributed by atoms with Crippen molar-refractivity contribution < 1.29 is 37.3 Å². The first-order chi connectivity index (χ1) is 20.7. The van der Waals surface area contributed by atoms with Crippen molar-refractivity contribution in [1.29, 1.82) is 0 Å². The van der Waals surface area contributed by atoms with Crippen molar-refractivity contribution in [3.8, 4) is 5.75 Å². The number of anilines is 2. The van der Waals surface area contributed by atoms with Gasteiger partial charge >= 0.3 is 12.2 Å². The first-order valence-electron chi connectivity index (χ1n) is 14.9. The summed E-state index contributed by atoms with van der Waals surface area (Å²) in [6.07, 6.45) is -2.74. The SMILES string of the molecule is C[C@@H]1CCCCO[C@H](CN(C)C(=O)Nc2ccc(C(F)(F)F)cc2)[C@H](C)CN([C@@H](C)CO)C(=O)c2cc(N(C)C)ccc2O1. The van der Waals surface area contributed by atoms with Crippen LogP contribution in [0.3, 0.4) is 0 Å². The van der Waals surface area contributed by atoms with Crippen LogP contribution in [0.4, 0.5) is 29.3 Å². The van der Waals surface area contributed by atoms with Crippen LogP contribution < -0.4 is 15.0 Å². The molecule has 9 nitrogen and oxygen atoms in total. The molecule has 2 N–H and O–H groups in total. The Kier molecular flexibility index (Phi) is 12.3. The van der Waals surface area contributed by atoms with Crippen molar-refractivity contribution in [2.24, 2.45) is 5.92 Å². The molecule has 12 heteroatoms. The minimum atomic E-state index is -4.47. The van der Waals surface area contributed by atoms with E-state index < -0.39 is 29.9 Å². The second-order valence-corrected chi connectivity index (χ2v) is 11.8. The van der Waals surface area contributed by atoms with E-state index in [9.17, 15) is 27.9 Å². The molecule has 3 rings (SSSR count). The number of ether oxygens (including phenoxy) is 2. The molecule has 0 saturated heterocycles. The van der Waals surface area contributed by atoms with Crippen LogP contribution in [0.5, 0.6) is 5.75 Å². The van der Waals surface area contributed by atoms with Gasteiger partial charge in [-0.05, 0) is 75.6 Å². The van der Waals surface area contributed by atoms with Gasteiger partial charge in [0.05, 0.1) is 36.0 Å². The lowest BCUT2D eigenvalue weighted by atomic mass is 10.0. The predicted octanol–water partition coefficient (Wildman–Crippen LogP) is 5.73. The Morgan fingerprint density at radius 3 is 2.41 bits per heavy atom. The van der Waals surface area contributed by atoms with Crippen molar-refractivity contribution >= 4 is 23.3 Å². The quantitative estimate of drug-likeness (QED) is 0.428. The van der Waals surface area contributed by atoms with Crippen LogP contribution in [0.1, 0.15) is 56.0 Å². The highest BCUT2D eigenvalue weighted by Crippen LogP contribution is 2.31. The molecule has 0 aliphatic carbocycles. The average Bonchev–Trinajstić information content (AvgIpc) is 2.97. The lowest BCUT2D eigenvalue weighted by Gasteiger charge is -2.36. The van der Waals surface area contributed by atoms with E-state index in [1.54, 1.807) is 24.9 Å². The number of carbonyl (C=O) groups is 2. The van der Waals surface area contributed by atoms with Crippen molar-refractivity contribution in [1.82, 2.24) is 9.80 Å². The lowest BCUT2D eigenvalue weighted by Crippen LogP contribution is -2.48. The maximum atomic E-state index is 14.1. The van der Waals surface area contributed by atoms with Crippen LogP contribution >= 0.6 is 0 Å². The zero-order valence-corrected chi connectivity index (χ0v) is 26.4. The molecule has 1 heterocycles. The summed E-state index contributed by atoms with van der Waals surface area (Å²) in [5.41, 5.74) is 0.665. The zero-order chi connectivity index (χ0) is 32.6. The second-order valence-electron chi connectivity index (χ2n) is 11.8. The minimum absolute atomic E-state index is 0.145. The van der Waals surface area contributed by atoms with Gasteiger partial charge in [-0.15, -0.1) is 0 Å². The first-order valence-corrected chi connectivity index (χ1v) is 14.9. The van der Waals surface area contributed by atoms with Gasteiger partial charge in [0.2, 0.25) is 0 Å². The summed E-state index contributed by atoms with van der Waals surface area (Å²) in [6.45, 7) is 6.25. The third kappa shape index (κ3) is 9.49. The molecule has 0 unspecified atom stereocenters. The topological polar surface area (TPSA) is 94.6 Å². The number of carbonyl (C=O) groups excluding carboxylic acids is 2. The Balaban J connectivity index is 1.84. The number of benzene rings is 2. The minimum Gasteiger partial charge on any atom is -0.490 e. The summed E-state index contributed by atoms with van der Waals surface area (Å²) in [6, 6.07) is 8.74. The highest BCUT2D eigenvalue weighted by Gasteiger charge is 2.32. The number of hydrogen-bond acceptors (Lipinski definition) is 6. The van der Waals surface area contributed by atoms with Gasteiger partial charge in [0.15, 0.2) is 0 Å². The third-order valence-corrected chi connectivity index (χ3v) is 7.82. The molecular weight excluding hydrogens is 577 g/mol. The number of fused-ring (bicyclic) bond motifs is 1. The van der Waals surface area contributed by atoms with Crippen LogP contribution in [0.15, 0.2) is 42.5 Å². The summed E-state index contributed by atoms with van der Waals surface area (Å²) < 4.78 is 51.3. The molecule has 3 amide bonds. The summed E-state index contributed by atoms with van der Waals surface area (Å²) >= 11 is 0. The molecule has 244 valence electrons. The Morgan fingerprint density at radius 2 is 1.80 bits per heavy atom. The molecule has 2 aromatic carbocycles. The number of alkyl halides is 3. The Labute approximate surface area is 257 Å². The third-order valence-electron chi connectivity index (χ3n) is 7.82. The van der Waals surface area contributed by atoms with E-state index in [4.69, 9.17) is 9.47 Å². The molecule has 0 radical (unpaired) electrons. The number of likely N-dealkylation sites (N-methyl/N-ethyl adjacent to an activating group) is 1.